The number of rotatable bonds is 2. The van der Waals surface area contributed by atoms with Crippen LogP contribution >= 0.6 is 38.5 Å². The second-order valence-corrected chi connectivity index (χ2v) is 5.49. The molecule has 0 nitrogen and oxygen atoms in total. The number of alkyl halides is 1. The van der Waals surface area contributed by atoms with Gasteiger partial charge in [0.1, 0.15) is 0 Å². The van der Waals surface area contributed by atoms with E-state index in [1.54, 1.807) is 0 Å². The molecule has 2 aromatic carbocycles. The molecule has 0 heterocycles. The Kier molecular flexibility index (Phi) is 3.81. The summed E-state index contributed by atoms with van der Waals surface area (Å²) in [6, 6.07) is 19.0. The highest BCUT2D eigenvalue weighted by Gasteiger charge is 2.08. The van der Waals surface area contributed by atoms with Gasteiger partial charge in [-0.15, -0.1) is 0 Å². The zero-order valence-corrected chi connectivity index (χ0v) is 11.8. The first kappa shape index (κ1) is 11.1. The van der Waals surface area contributed by atoms with E-state index in [9.17, 15) is 0 Å². The van der Waals surface area contributed by atoms with Gasteiger partial charge in [0, 0.05) is 3.57 Å². The molecule has 2 rings (SSSR count). The van der Waals surface area contributed by atoms with Crippen LogP contribution in [0, 0.1) is 3.57 Å². The molecular formula is C13H10BrI. The molecule has 0 aliphatic heterocycles. The Balaban J connectivity index is 2.29. The topological polar surface area (TPSA) is 0 Å². The molecular weight excluding hydrogens is 363 g/mol. The van der Waals surface area contributed by atoms with Crippen molar-refractivity contribution in [2.45, 2.75) is 4.83 Å². The third kappa shape index (κ3) is 2.82. The average Bonchev–Trinajstić information content (AvgIpc) is 2.30. The highest BCUT2D eigenvalue weighted by atomic mass is 127. The lowest BCUT2D eigenvalue weighted by Crippen LogP contribution is -1.91. The summed E-state index contributed by atoms with van der Waals surface area (Å²) >= 11 is 6.04. The van der Waals surface area contributed by atoms with Crippen molar-refractivity contribution < 1.29 is 0 Å². The average molecular weight is 373 g/mol. The van der Waals surface area contributed by atoms with Crippen LogP contribution in [0.4, 0.5) is 0 Å². The fourth-order valence-corrected chi connectivity index (χ4v) is 2.42. The molecule has 1 unspecified atom stereocenters. The third-order valence-electron chi connectivity index (χ3n) is 2.25. The molecule has 0 saturated carbocycles. The first-order chi connectivity index (χ1) is 7.27. The maximum atomic E-state index is 3.72. The SMILES string of the molecule is BrC(c1ccccc1)c1ccc(I)cc1. The van der Waals surface area contributed by atoms with Gasteiger partial charge in [0.2, 0.25) is 0 Å². The summed E-state index contributed by atoms with van der Waals surface area (Å²) in [5.41, 5.74) is 2.58. The molecule has 0 aliphatic carbocycles. The first-order valence-corrected chi connectivity index (χ1v) is 6.71. The minimum atomic E-state index is 0.288. The van der Waals surface area contributed by atoms with E-state index < -0.39 is 0 Å². The Bertz CT molecular complexity index is 422. The Hall–Kier alpha value is -0.350. The van der Waals surface area contributed by atoms with E-state index in [4.69, 9.17) is 0 Å². The number of benzene rings is 2. The molecule has 76 valence electrons. The molecule has 0 aliphatic rings. The highest BCUT2D eigenvalue weighted by Crippen LogP contribution is 2.30. The maximum absolute atomic E-state index is 3.72. The van der Waals surface area contributed by atoms with Crippen LogP contribution in [0.25, 0.3) is 0 Å². The Morgan fingerprint density at radius 2 is 1.33 bits per heavy atom. The minimum Gasteiger partial charge on any atom is -0.0786 e. The molecule has 0 spiro atoms. The zero-order chi connectivity index (χ0) is 10.7. The zero-order valence-electron chi connectivity index (χ0n) is 8.03. The van der Waals surface area contributed by atoms with Crippen LogP contribution in [0.3, 0.4) is 0 Å². The summed E-state index contributed by atoms with van der Waals surface area (Å²) in [6.45, 7) is 0. The van der Waals surface area contributed by atoms with Crippen LogP contribution < -0.4 is 0 Å². The van der Waals surface area contributed by atoms with Gasteiger partial charge in [-0.25, -0.2) is 0 Å². The van der Waals surface area contributed by atoms with Crippen molar-refractivity contribution in [3.05, 3.63) is 69.3 Å². The third-order valence-corrected chi connectivity index (χ3v) is 4.03. The summed E-state index contributed by atoms with van der Waals surface area (Å²) in [6.07, 6.45) is 0. The molecule has 0 bridgehead atoms. The number of hydrogen-bond donors (Lipinski definition) is 0. The van der Waals surface area contributed by atoms with E-state index in [1.807, 2.05) is 6.07 Å². The molecule has 0 radical (unpaired) electrons. The molecule has 0 fully saturated rings. The van der Waals surface area contributed by atoms with Crippen molar-refractivity contribution >= 4 is 38.5 Å². The van der Waals surface area contributed by atoms with Gasteiger partial charge in [0.15, 0.2) is 0 Å². The number of hydrogen-bond acceptors (Lipinski definition) is 0. The van der Waals surface area contributed by atoms with Crippen LogP contribution in [0.2, 0.25) is 0 Å². The fourth-order valence-electron chi connectivity index (χ4n) is 1.45. The normalized spacial score (nSPS) is 12.4. The van der Waals surface area contributed by atoms with E-state index >= 15 is 0 Å². The molecule has 2 aromatic rings. The van der Waals surface area contributed by atoms with Gasteiger partial charge in [-0.05, 0) is 45.9 Å². The van der Waals surface area contributed by atoms with Crippen LogP contribution in [0.15, 0.2) is 54.6 Å². The predicted molar refractivity (Wildman–Crippen MR) is 76.4 cm³/mol. The Morgan fingerprint density at radius 1 is 0.800 bits per heavy atom. The van der Waals surface area contributed by atoms with E-state index in [2.05, 4.69) is 87.1 Å². The monoisotopic (exact) mass is 372 g/mol. The highest BCUT2D eigenvalue weighted by molar-refractivity contribution is 14.1. The van der Waals surface area contributed by atoms with Gasteiger partial charge >= 0.3 is 0 Å². The van der Waals surface area contributed by atoms with Gasteiger partial charge in [-0.2, -0.15) is 0 Å². The molecule has 15 heavy (non-hydrogen) atoms. The second kappa shape index (κ2) is 5.12. The lowest BCUT2D eigenvalue weighted by atomic mass is 10.1. The Morgan fingerprint density at radius 3 is 1.93 bits per heavy atom. The molecule has 0 saturated heterocycles. The summed E-state index contributed by atoms with van der Waals surface area (Å²) in [7, 11) is 0. The van der Waals surface area contributed by atoms with Gasteiger partial charge < -0.3 is 0 Å². The van der Waals surface area contributed by atoms with Crippen LogP contribution in [0.5, 0.6) is 0 Å². The standard InChI is InChI=1S/C13H10BrI/c14-13(10-4-2-1-3-5-10)11-6-8-12(15)9-7-11/h1-9,13H. The Labute approximate surface area is 112 Å². The van der Waals surface area contributed by atoms with E-state index in [1.165, 1.54) is 14.7 Å². The first-order valence-electron chi connectivity index (χ1n) is 4.72. The summed E-state index contributed by atoms with van der Waals surface area (Å²) in [5.74, 6) is 0. The fraction of sp³-hybridized carbons (Fsp3) is 0.0769. The largest absolute Gasteiger partial charge is 0.0786 e. The van der Waals surface area contributed by atoms with Crippen molar-refractivity contribution in [2.24, 2.45) is 0 Å². The maximum Gasteiger partial charge on any atom is 0.0644 e. The van der Waals surface area contributed by atoms with Gasteiger partial charge in [0.05, 0.1) is 4.83 Å². The van der Waals surface area contributed by atoms with Crippen molar-refractivity contribution in [1.29, 1.82) is 0 Å². The summed E-state index contributed by atoms with van der Waals surface area (Å²) in [5, 5.41) is 0. The minimum absolute atomic E-state index is 0.288. The lowest BCUT2D eigenvalue weighted by Gasteiger charge is -2.10. The van der Waals surface area contributed by atoms with Gasteiger partial charge in [0.25, 0.3) is 0 Å². The number of halogens is 2. The van der Waals surface area contributed by atoms with Gasteiger partial charge in [-0.1, -0.05) is 58.4 Å². The van der Waals surface area contributed by atoms with Gasteiger partial charge in [-0.3, -0.25) is 0 Å². The van der Waals surface area contributed by atoms with Crippen molar-refractivity contribution in [2.75, 3.05) is 0 Å². The second-order valence-electron chi connectivity index (χ2n) is 3.32. The van der Waals surface area contributed by atoms with Crippen molar-refractivity contribution in [3.63, 3.8) is 0 Å². The van der Waals surface area contributed by atoms with E-state index in [0.717, 1.165) is 0 Å². The van der Waals surface area contributed by atoms with E-state index in [-0.39, 0.29) is 4.83 Å². The quantitative estimate of drug-likeness (QED) is 0.526. The summed E-state index contributed by atoms with van der Waals surface area (Å²) < 4.78 is 1.27. The molecule has 1 atom stereocenters. The van der Waals surface area contributed by atoms with E-state index in [0.29, 0.717) is 0 Å². The van der Waals surface area contributed by atoms with Crippen molar-refractivity contribution in [1.82, 2.24) is 0 Å². The molecule has 0 N–H and O–H groups in total. The van der Waals surface area contributed by atoms with Crippen LogP contribution in [0.1, 0.15) is 16.0 Å². The van der Waals surface area contributed by atoms with Crippen molar-refractivity contribution in [3.8, 4) is 0 Å². The predicted octanol–water partition coefficient (Wildman–Crippen LogP) is 4.78. The smallest absolute Gasteiger partial charge is 0.0644 e. The lowest BCUT2D eigenvalue weighted by molar-refractivity contribution is 1.18. The molecule has 2 heteroatoms. The molecule has 0 amide bonds. The van der Waals surface area contributed by atoms with Crippen LogP contribution in [-0.4, -0.2) is 0 Å². The van der Waals surface area contributed by atoms with Crippen LogP contribution in [-0.2, 0) is 0 Å². The summed E-state index contributed by atoms with van der Waals surface area (Å²) in [4.78, 5) is 0.288. The molecule has 0 aromatic heterocycles.